The molecule has 2 unspecified atom stereocenters. The molecule has 2 atom stereocenters. The number of benzene rings is 1. The molecule has 106 valence electrons. The second-order valence-corrected chi connectivity index (χ2v) is 6.71. The maximum absolute atomic E-state index is 12.9. The Bertz CT molecular complexity index is 568. The third-order valence-corrected chi connectivity index (χ3v) is 4.84. The van der Waals surface area contributed by atoms with Crippen molar-refractivity contribution in [3.05, 3.63) is 28.7 Å². The van der Waals surface area contributed by atoms with Gasteiger partial charge in [0.2, 0.25) is 5.91 Å². The van der Waals surface area contributed by atoms with E-state index in [1.165, 1.54) is 0 Å². The largest absolute Gasteiger partial charge is 0.340 e. The summed E-state index contributed by atoms with van der Waals surface area (Å²) in [5.41, 5.74) is 0.0175. The number of carbonyl (C=O) groups excluding carboxylic acids is 2. The van der Waals surface area contributed by atoms with E-state index in [9.17, 15) is 9.59 Å². The molecule has 0 spiro atoms. The van der Waals surface area contributed by atoms with Crippen LogP contribution in [0.1, 0.15) is 26.7 Å². The molecule has 1 aliphatic heterocycles. The lowest BCUT2D eigenvalue weighted by atomic mass is 9.89. The Morgan fingerprint density at radius 2 is 1.85 bits per heavy atom. The summed E-state index contributed by atoms with van der Waals surface area (Å²) in [4.78, 5) is 26.7. The third-order valence-electron chi connectivity index (χ3n) is 4.31. The predicted octanol–water partition coefficient (Wildman–Crippen LogP) is 2.47. The summed E-state index contributed by atoms with van der Waals surface area (Å²) in [6.45, 7) is 3.62. The molecule has 0 radical (unpaired) electrons. The van der Waals surface area contributed by atoms with Crippen LogP contribution in [0.2, 0.25) is 0 Å². The fraction of sp³-hybridized carbons (Fsp3) is 0.467. The van der Waals surface area contributed by atoms with E-state index in [2.05, 4.69) is 21.2 Å². The average molecular weight is 337 g/mol. The summed E-state index contributed by atoms with van der Waals surface area (Å²) in [7, 11) is 0. The van der Waals surface area contributed by atoms with Gasteiger partial charge in [-0.2, -0.15) is 0 Å². The normalized spacial score (nSPS) is 30.4. The van der Waals surface area contributed by atoms with Gasteiger partial charge in [0.15, 0.2) is 0 Å². The Labute approximate surface area is 126 Å². The standard InChI is InChI=1S/C15H17BrN2O2/c1-9-13(19)17-15(2,10-3-4-10)14(20)18(9)12-7-5-11(16)6-8-12/h5-10H,3-4H2,1-2H3,(H,17,19). The smallest absolute Gasteiger partial charge is 0.253 e. The molecule has 2 amide bonds. The Balaban J connectivity index is 2.00. The molecule has 1 saturated carbocycles. The van der Waals surface area contributed by atoms with Crippen molar-refractivity contribution in [3.8, 4) is 0 Å². The van der Waals surface area contributed by atoms with Gasteiger partial charge in [-0.25, -0.2) is 0 Å². The van der Waals surface area contributed by atoms with Crippen LogP contribution < -0.4 is 10.2 Å². The van der Waals surface area contributed by atoms with Crippen molar-refractivity contribution in [3.63, 3.8) is 0 Å². The molecule has 2 fully saturated rings. The SMILES string of the molecule is CC1C(=O)NC(C)(C2CC2)C(=O)N1c1ccc(Br)cc1. The molecule has 1 heterocycles. The third kappa shape index (κ3) is 2.04. The first kappa shape index (κ1) is 13.6. The molecule has 0 bridgehead atoms. The summed E-state index contributed by atoms with van der Waals surface area (Å²) >= 11 is 3.38. The lowest BCUT2D eigenvalue weighted by molar-refractivity contribution is -0.138. The summed E-state index contributed by atoms with van der Waals surface area (Å²) in [5, 5.41) is 2.93. The highest BCUT2D eigenvalue weighted by atomic mass is 79.9. The van der Waals surface area contributed by atoms with Crippen LogP contribution in [-0.2, 0) is 9.59 Å². The van der Waals surface area contributed by atoms with Gasteiger partial charge in [-0.3, -0.25) is 14.5 Å². The highest BCUT2D eigenvalue weighted by Crippen LogP contribution is 2.43. The quantitative estimate of drug-likeness (QED) is 0.901. The molecule has 1 aromatic rings. The van der Waals surface area contributed by atoms with E-state index >= 15 is 0 Å². The van der Waals surface area contributed by atoms with Crippen LogP contribution in [0.4, 0.5) is 5.69 Å². The first-order valence-electron chi connectivity index (χ1n) is 6.85. The van der Waals surface area contributed by atoms with Gasteiger partial charge < -0.3 is 5.32 Å². The van der Waals surface area contributed by atoms with Crippen molar-refractivity contribution in [1.29, 1.82) is 0 Å². The summed E-state index contributed by atoms with van der Waals surface area (Å²) in [5.74, 6) is 0.181. The van der Waals surface area contributed by atoms with Crippen LogP contribution in [0.25, 0.3) is 0 Å². The minimum Gasteiger partial charge on any atom is -0.340 e. The van der Waals surface area contributed by atoms with E-state index < -0.39 is 11.6 Å². The Kier molecular flexibility index (Phi) is 3.12. The second kappa shape index (κ2) is 4.58. The number of hydrogen-bond acceptors (Lipinski definition) is 2. The van der Waals surface area contributed by atoms with E-state index in [1.54, 1.807) is 11.8 Å². The van der Waals surface area contributed by atoms with Crippen LogP contribution in [-0.4, -0.2) is 23.4 Å². The number of nitrogens with one attached hydrogen (secondary N) is 1. The van der Waals surface area contributed by atoms with Gasteiger partial charge in [0.25, 0.3) is 5.91 Å². The number of anilines is 1. The van der Waals surface area contributed by atoms with Crippen LogP contribution >= 0.6 is 15.9 Å². The molecule has 20 heavy (non-hydrogen) atoms. The maximum atomic E-state index is 12.9. The van der Waals surface area contributed by atoms with E-state index in [4.69, 9.17) is 0 Å². The Morgan fingerprint density at radius 3 is 2.40 bits per heavy atom. The fourth-order valence-electron chi connectivity index (χ4n) is 2.84. The topological polar surface area (TPSA) is 49.4 Å². The van der Waals surface area contributed by atoms with Gasteiger partial charge in [-0.05, 0) is 56.9 Å². The molecule has 4 nitrogen and oxygen atoms in total. The van der Waals surface area contributed by atoms with Gasteiger partial charge in [0.05, 0.1) is 0 Å². The van der Waals surface area contributed by atoms with E-state index in [1.807, 2.05) is 31.2 Å². The number of piperazine rings is 1. The van der Waals surface area contributed by atoms with Crippen LogP contribution in [0.3, 0.4) is 0 Å². The van der Waals surface area contributed by atoms with Gasteiger partial charge in [-0.15, -0.1) is 0 Å². The van der Waals surface area contributed by atoms with E-state index in [0.717, 1.165) is 23.0 Å². The molecular formula is C15H17BrN2O2. The van der Waals surface area contributed by atoms with Crippen LogP contribution in [0.5, 0.6) is 0 Å². The highest BCUT2D eigenvalue weighted by molar-refractivity contribution is 9.10. The first-order chi connectivity index (χ1) is 9.43. The molecular weight excluding hydrogens is 320 g/mol. The average Bonchev–Trinajstić information content (AvgIpc) is 3.24. The van der Waals surface area contributed by atoms with Gasteiger partial charge >= 0.3 is 0 Å². The highest BCUT2D eigenvalue weighted by Gasteiger charge is 2.54. The Hall–Kier alpha value is -1.36. The summed E-state index contributed by atoms with van der Waals surface area (Å²) in [6, 6.07) is 7.03. The lowest BCUT2D eigenvalue weighted by Gasteiger charge is -2.43. The number of hydrogen-bond donors (Lipinski definition) is 1. The zero-order valence-electron chi connectivity index (χ0n) is 11.5. The monoisotopic (exact) mass is 336 g/mol. The zero-order valence-corrected chi connectivity index (χ0v) is 13.1. The van der Waals surface area contributed by atoms with Gasteiger partial charge in [0.1, 0.15) is 11.6 Å². The Morgan fingerprint density at radius 1 is 1.25 bits per heavy atom. The molecule has 5 heteroatoms. The molecule has 2 aliphatic rings. The predicted molar refractivity (Wildman–Crippen MR) is 80.4 cm³/mol. The summed E-state index contributed by atoms with van der Waals surface area (Å²) < 4.78 is 0.952. The first-order valence-corrected chi connectivity index (χ1v) is 7.64. The lowest BCUT2D eigenvalue weighted by Crippen LogP contribution is -2.69. The fourth-order valence-corrected chi connectivity index (χ4v) is 3.10. The molecule has 3 rings (SSSR count). The van der Waals surface area contributed by atoms with Crippen molar-refractivity contribution in [2.75, 3.05) is 4.90 Å². The number of nitrogens with zero attached hydrogens (tertiary/aromatic N) is 1. The molecule has 0 aromatic heterocycles. The summed E-state index contributed by atoms with van der Waals surface area (Å²) in [6.07, 6.45) is 2.01. The van der Waals surface area contributed by atoms with Gasteiger partial charge in [0, 0.05) is 10.2 Å². The second-order valence-electron chi connectivity index (χ2n) is 5.79. The van der Waals surface area contributed by atoms with Crippen molar-refractivity contribution in [2.45, 2.75) is 38.3 Å². The number of halogens is 1. The minimum absolute atomic E-state index is 0.00516. The molecule has 1 aliphatic carbocycles. The van der Waals surface area contributed by atoms with Crippen molar-refractivity contribution in [1.82, 2.24) is 5.32 Å². The molecule has 1 N–H and O–H groups in total. The molecule has 1 aromatic carbocycles. The van der Waals surface area contributed by atoms with Crippen molar-refractivity contribution >= 4 is 33.4 Å². The van der Waals surface area contributed by atoms with E-state index in [-0.39, 0.29) is 17.7 Å². The number of rotatable bonds is 2. The minimum atomic E-state index is -0.753. The van der Waals surface area contributed by atoms with Crippen LogP contribution in [0.15, 0.2) is 28.7 Å². The van der Waals surface area contributed by atoms with Gasteiger partial charge in [-0.1, -0.05) is 15.9 Å². The van der Waals surface area contributed by atoms with E-state index in [0.29, 0.717) is 0 Å². The number of carbonyl (C=O) groups is 2. The molecule has 1 saturated heterocycles. The van der Waals surface area contributed by atoms with Crippen LogP contribution in [0, 0.1) is 5.92 Å². The van der Waals surface area contributed by atoms with Crippen molar-refractivity contribution < 1.29 is 9.59 Å². The zero-order chi connectivity index (χ0) is 14.5. The number of amides is 2. The maximum Gasteiger partial charge on any atom is 0.253 e. The van der Waals surface area contributed by atoms with Crippen molar-refractivity contribution in [2.24, 2.45) is 5.92 Å².